The van der Waals surface area contributed by atoms with Crippen molar-refractivity contribution in [1.29, 1.82) is 0 Å². The third kappa shape index (κ3) is 3.01. The van der Waals surface area contributed by atoms with Gasteiger partial charge in [-0.05, 0) is 17.4 Å². The maximum atomic E-state index is 4.77. The molecule has 0 bridgehead atoms. The van der Waals surface area contributed by atoms with Gasteiger partial charge in [-0.3, -0.25) is 0 Å². The lowest BCUT2D eigenvalue weighted by atomic mass is 10.1. The molecule has 0 saturated carbocycles. The lowest BCUT2D eigenvalue weighted by molar-refractivity contribution is -0.895. The van der Waals surface area contributed by atoms with E-state index in [0.29, 0.717) is 0 Å². The van der Waals surface area contributed by atoms with Crippen molar-refractivity contribution in [3.05, 3.63) is 46.3 Å². The fraction of sp³-hybridized carbons (Fsp3) is 0.333. The van der Waals surface area contributed by atoms with Gasteiger partial charge >= 0.3 is 0 Å². The average molecular weight is 358 g/mol. The van der Waals surface area contributed by atoms with Crippen LogP contribution >= 0.6 is 23.1 Å². The summed E-state index contributed by atoms with van der Waals surface area (Å²) in [7, 11) is 2.26. The number of hydrogen-bond donors (Lipinski definition) is 2. The second kappa shape index (κ2) is 6.70. The van der Waals surface area contributed by atoms with Crippen LogP contribution in [0, 0.1) is 0 Å². The molecule has 124 valence electrons. The minimum atomic E-state index is 0.788. The molecule has 1 unspecified atom stereocenters. The fourth-order valence-corrected chi connectivity index (χ4v) is 4.95. The summed E-state index contributed by atoms with van der Waals surface area (Å²) in [6.07, 6.45) is 3.15. The minimum Gasteiger partial charge on any atom is -0.365 e. The highest BCUT2D eigenvalue weighted by molar-refractivity contribution is 7.98. The van der Waals surface area contributed by atoms with Crippen LogP contribution < -0.4 is 10.2 Å². The second-order valence-corrected chi connectivity index (χ2v) is 8.07. The number of fused-ring (bicyclic) bond motifs is 3. The summed E-state index contributed by atoms with van der Waals surface area (Å²) in [6, 6.07) is 10.5. The van der Waals surface area contributed by atoms with Gasteiger partial charge < -0.3 is 10.2 Å². The van der Waals surface area contributed by atoms with Crippen LogP contribution in [0.5, 0.6) is 0 Å². The smallest absolute Gasteiger partial charge is 0.190 e. The van der Waals surface area contributed by atoms with Gasteiger partial charge in [0, 0.05) is 13.0 Å². The first-order valence-electron chi connectivity index (χ1n) is 8.20. The van der Waals surface area contributed by atoms with Gasteiger partial charge in [0.05, 0.1) is 23.9 Å². The van der Waals surface area contributed by atoms with Crippen LogP contribution in [-0.4, -0.2) is 29.8 Å². The van der Waals surface area contributed by atoms with Crippen LogP contribution in [0.4, 0.5) is 5.82 Å². The number of thiophene rings is 1. The molecule has 1 aliphatic rings. The third-order valence-corrected chi connectivity index (χ3v) is 6.14. The first kappa shape index (κ1) is 15.9. The molecule has 0 aliphatic carbocycles. The summed E-state index contributed by atoms with van der Waals surface area (Å²) in [4.78, 5) is 13.7. The van der Waals surface area contributed by atoms with Crippen LogP contribution in [0.1, 0.15) is 16.0 Å². The average Bonchev–Trinajstić information content (AvgIpc) is 2.97. The van der Waals surface area contributed by atoms with Gasteiger partial charge in [0.15, 0.2) is 5.16 Å². The van der Waals surface area contributed by atoms with Gasteiger partial charge in [0.1, 0.15) is 17.2 Å². The van der Waals surface area contributed by atoms with Crippen molar-refractivity contribution >= 4 is 39.1 Å². The van der Waals surface area contributed by atoms with E-state index in [2.05, 4.69) is 36.6 Å². The molecule has 1 atom stereocenters. The molecule has 0 saturated heterocycles. The fourth-order valence-electron chi connectivity index (χ4n) is 3.19. The Morgan fingerprint density at radius 2 is 2.08 bits per heavy atom. The van der Waals surface area contributed by atoms with Crippen molar-refractivity contribution in [3.63, 3.8) is 0 Å². The van der Waals surface area contributed by atoms with Crippen LogP contribution in [0.2, 0.25) is 0 Å². The summed E-state index contributed by atoms with van der Waals surface area (Å²) in [5, 5.41) is 5.65. The normalized spacial score (nSPS) is 17.0. The molecule has 0 amide bonds. The van der Waals surface area contributed by atoms with Crippen molar-refractivity contribution in [2.24, 2.45) is 0 Å². The third-order valence-electron chi connectivity index (χ3n) is 4.46. The molecule has 4 nitrogen and oxygen atoms in total. The number of aromatic nitrogens is 2. The second-order valence-electron chi connectivity index (χ2n) is 6.22. The monoisotopic (exact) mass is 357 g/mol. The van der Waals surface area contributed by atoms with E-state index >= 15 is 0 Å². The van der Waals surface area contributed by atoms with E-state index in [1.807, 2.05) is 23.7 Å². The van der Waals surface area contributed by atoms with Gasteiger partial charge in [-0.2, -0.15) is 0 Å². The van der Waals surface area contributed by atoms with Crippen molar-refractivity contribution in [2.75, 3.05) is 25.2 Å². The Balaban J connectivity index is 1.75. The molecule has 1 aromatic carbocycles. The van der Waals surface area contributed by atoms with E-state index in [-0.39, 0.29) is 0 Å². The number of hydrogen-bond acceptors (Lipinski definition) is 5. The molecule has 0 fully saturated rings. The van der Waals surface area contributed by atoms with Crippen LogP contribution in [-0.2, 0) is 19.5 Å². The zero-order valence-electron chi connectivity index (χ0n) is 13.9. The van der Waals surface area contributed by atoms with E-state index in [1.165, 1.54) is 27.9 Å². The molecule has 0 radical (unpaired) electrons. The summed E-state index contributed by atoms with van der Waals surface area (Å²) in [5.41, 5.74) is 2.73. The van der Waals surface area contributed by atoms with E-state index < -0.39 is 0 Å². The van der Waals surface area contributed by atoms with E-state index in [9.17, 15) is 0 Å². The lowest BCUT2D eigenvalue weighted by Crippen LogP contribution is -3.08. The number of likely N-dealkylation sites (N-methyl/N-ethyl adjacent to an activating group) is 1. The zero-order valence-corrected chi connectivity index (χ0v) is 15.6. The highest BCUT2D eigenvalue weighted by atomic mass is 32.2. The molecule has 1 aliphatic heterocycles. The predicted molar refractivity (Wildman–Crippen MR) is 102 cm³/mol. The maximum Gasteiger partial charge on any atom is 0.190 e. The highest BCUT2D eigenvalue weighted by Gasteiger charge is 2.24. The lowest BCUT2D eigenvalue weighted by Gasteiger charge is -2.19. The molecule has 2 aromatic heterocycles. The van der Waals surface area contributed by atoms with Gasteiger partial charge in [-0.25, -0.2) is 9.97 Å². The van der Waals surface area contributed by atoms with Crippen LogP contribution in [0.3, 0.4) is 0 Å². The van der Waals surface area contributed by atoms with Crippen molar-refractivity contribution in [3.8, 4) is 0 Å². The maximum absolute atomic E-state index is 4.77. The molecular formula is C18H21N4S2+. The van der Waals surface area contributed by atoms with Gasteiger partial charge in [0.2, 0.25) is 0 Å². The largest absolute Gasteiger partial charge is 0.365 e. The Labute approximate surface area is 150 Å². The molecule has 24 heavy (non-hydrogen) atoms. The Kier molecular flexibility index (Phi) is 4.43. The zero-order chi connectivity index (χ0) is 16.5. The van der Waals surface area contributed by atoms with E-state index in [4.69, 9.17) is 9.97 Å². The van der Waals surface area contributed by atoms with Crippen molar-refractivity contribution in [2.45, 2.75) is 24.7 Å². The number of thioether (sulfide) groups is 1. The molecule has 0 spiro atoms. The Morgan fingerprint density at radius 3 is 2.88 bits per heavy atom. The molecule has 2 N–H and O–H groups in total. The van der Waals surface area contributed by atoms with Gasteiger partial charge in [0.25, 0.3) is 0 Å². The van der Waals surface area contributed by atoms with Crippen molar-refractivity contribution < 1.29 is 4.90 Å². The Bertz CT molecular complexity index is 860. The molecular weight excluding hydrogens is 336 g/mol. The Hall–Kier alpha value is -1.63. The highest BCUT2D eigenvalue weighted by Crippen LogP contribution is 2.36. The number of nitrogens with one attached hydrogen (secondary N) is 2. The van der Waals surface area contributed by atoms with Gasteiger partial charge in [-0.15, -0.1) is 11.3 Å². The minimum absolute atomic E-state index is 0.788. The topological polar surface area (TPSA) is 42.2 Å². The molecule has 6 heteroatoms. The first-order chi connectivity index (χ1) is 11.7. The summed E-state index contributed by atoms with van der Waals surface area (Å²) in [5.74, 6) is 0.991. The number of benzene rings is 1. The standard InChI is InChI=1S/C18H20N4S2/c1-22-9-8-13-14(11-22)24-17-15(13)16(20-18(21-17)23-2)19-10-12-6-4-3-5-7-12/h3-7H,8-11H2,1-2H3,(H,19,20,21)/p+1. The van der Waals surface area contributed by atoms with Crippen molar-refractivity contribution in [1.82, 2.24) is 9.97 Å². The number of anilines is 1. The van der Waals surface area contributed by atoms with E-state index in [0.717, 1.165) is 35.3 Å². The number of nitrogens with zero attached hydrogens (tertiary/aromatic N) is 2. The molecule has 3 heterocycles. The summed E-state index contributed by atoms with van der Waals surface area (Å²) < 4.78 is 0. The number of rotatable bonds is 4. The number of quaternary nitrogens is 1. The molecule has 3 aromatic rings. The SMILES string of the molecule is CSc1nc(NCc2ccccc2)c2c3c(sc2n1)C[NH+](C)CC3. The Morgan fingerprint density at radius 1 is 1.25 bits per heavy atom. The van der Waals surface area contributed by atoms with Crippen LogP contribution in [0.15, 0.2) is 35.5 Å². The molecule has 4 rings (SSSR count). The first-order valence-corrected chi connectivity index (χ1v) is 10.2. The predicted octanol–water partition coefficient (Wildman–Crippen LogP) is 2.60. The van der Waals surface area contributed by atoms with E-state index in [1.54, 1.807) is 16.7 Å². The quantitative estimate of drug-likeness (QED) is 0.556. The summed E-state index contributed by atoms with van der Waals surface area (Å²) in [6.45, 7) is 3.07. The van der Waals surface area contributed by atoms with Gasteiger partial charge in [-0.1, -0.05) is 42.1 Å². The van der Waals surface area contributed by atoms with Crippen LogP contribution in [0.25, 0.3) is 10.2 Å². The summed E-state index contributed by atoms with van der Waals surface area (Å²) >= 11 is 3.45.